The van der Waals surface area contributed by atoms with Crippen LogP contribution in [0.4, 0.5) is 5.82 Å². The van der Waals surface area contributed by atoms with Gasteiger partial charge in [-0.2, -0.15) is 10.4 Å². The van der Waals surface area contributed by atoms with Gasteiger partial charge in [-0.25, -0.2) is 4.98 Å². The van der Waals surface area contributed by atoms with E-state index in [9.17, 15) is 5.26 Å². The van der Waals surface area contributed by atoms with E-state index in [2.05, 4.69) is 44.0 Å². The van der Waals surface area contributed by atoms with Crippen molar-refractivity contribution in [1.82, 2.24) is 25.1 Å². The van der Waals surface area contributed by atoms with Crippen LogP contribution in [0.2, 0.25) is 0 Å². The van der Waals surface area contributed by atoms with Gasteiger partial charge in [-0.1, -0.05) is 0 Å². The number of rotatable bonds is 5. The summed E-state index contributed by atoms with van der Waals surface area (Å²) in [6, 6.07) is 9.12. The first kappa shape index (κ1) is 21.5. The molecule has 1 aliphatic carbocycles. The first-order valence-corrected chi connectivity index (χ1v) is 12.4. The lowest BCUT2D eigenvalue weighted by molar-refractivity contribution is 0.0985. The van der Waals surface area contributed by atoms with Gasteiger partial charge in [0.25, 0.3) is 0 Å². The zero-order valence-electron chi connectivity index (χ0n) is 19.7. The van der Waals surface area contributed by atoms with Gasteiger partial charge < -0.3 is 14.5 Å². The number of pyridine rings is 2. The van der Waals surface area contributed by atoms with Gasteiger partial charge in [0, 0.05) is 30.9 Å². The number of piperidine rings is 1. The summed E-state index contributed by atoms with van der Waals surface area (Å²) in [5.41, 5.74) is 2.99. The van der Waals surface area contributed by atoms with Crippen molar-refractivity contribution in [2.45, 2.75) is 44.1 Å². The second-order valence-electron chi connectivity index (χ2n) is 10.1. The zero-order valence-corrected chi connectivity index (χ0v) is 19.7. The van der Waals surface area contributed by atoms with Crippen molar-refractivity contribution in [3.05, 3.63) is 36.2 Å². The van der Waals surface area contributed by atoms with E-state index in [0.29, 0.717) is 13.2 Å². The maximum Gasteiger partial charge on any atom is 0.130 e. The number of fused-ring (bicyclic) bond motifs is 1. The molecule has 0 aromatic carbocycles. The van der Waals surface area contributed by atoms with Crippen LogP contribution in [-0.4, -0.2) is 70.5 Å². The van der Waals surface area contributed by atoms with Crippen molar-refractivity contribution in [1.29, 1.82) is 5.26 Å². The lowest BCUT2D eigenvalue weighted by Gasteiger charge is -2.39. The number of H-pyrrole nitrogens is 1. The third-order valence-electron chi connectivity index (χ3n) is 7.78. The highest BCUT2D eigenvalue weighted by Crippen LogP contribution is 2.42. The van der Waals surface area contributed by atoms with E-state index in [4.69, 9.17) is 9.72 Å². The Morgan fingerprint density at radius 3 is 2.76 bits per heavy atom. The second kappa shape index (κ2) is 8.64. The summed E-state index contributed by atoms with van der Waals surface area (Å²) in [6.45, 7) is 7.43. The monoisotopic (exact) mass is 457 g/mol. The molecule has 0 unspecified atom stereocenters. The molecule has 1 saturated carbocycles. The Labute approximate surface area is 199 Å². The number of nitriles is 1. The van der Waals surface area contributed by atoms with Crippen LogP contribution in [0, 0.1) is 17.2 Å². The Hall–Kier alpha value is -3.02. The Morgan fingerprint density at radius 2 is 2.06 bits per heavy atom. The van der Waals surface area contributed by atoms with Crippen molar-refractivity contribution in [2.75, 3.05) is 44.3 Å². The van der Waals surface area contributed by atoms with Gasteiger partial charge in [-0.15, -0.1) is 0 Å². The van der Waals surface area contributed by atoms with Gasteiger partial charge in [-0.3, -0.25) is 10.1 Å². The molecule has 0 bridgehead atoms. The van der Waals surface area contributed by atoms with Crippen LogP contribution in [0.25, 0.3) is 22.3 Å². The normalized spacial score (nSPS) is 23.2. The summed E-state index contributed by atoms with van der Waals surface area (Å²) < 4.78 is 5.69. The molecule has 3 aliphatic rings. The standard InChI is InChI=1S/C26H31N7O/c1-18-16-34-13-12-33(18)23-14-21(26(17-27)6-10-32(11-7-26)15-19-2-3-19)20-4-8-28-25(24(20)30-23)22-5-9-29-31-22/h4-5,8-9,14,18-19H,2-3,6-7,10-13,15-16H2,1H3,(H,29,31)/t18-/m1/s1. The van der Waals surface area contributed by atoms with Crippen molar-refractivity contribution >= 4 is 16.7 Å². The first-order valence-electron chi connectivity index (χ1n) is 12.4. The van der Waals surface area contributed by atoms with E-state index in [1.54, 1.807) is 6.20 Å². The van der Waals surface area contributed by atoms with Crippen LogP contribution in [0.3, 0.4) is 0 Å². The molecule has 2 saturated heterocycles. The topological polar surface area (TPSA) is 94.0 Å². The van der Waals surface area contributed by atoms with Crippen molar-refractivity contribution in [2.24, 2.45) is 5.92 Å². The average Bonchev–Trinajstić information content (AvgIpc) is 3.52. The Kier molecular flexibility index (Phi) is 5.47. The van der Waals surface area contributed by atoms with E-state index in [-0.39, 0.29) is 6.04 Å². The third kappa shape index (κ3) is 3.83. The Bertz CT molecular complexity index is 1210. The molecule has 1 N–H and O–H groups in total. The number of ether oxygens (including phenoxy) is 1. The molecule has 8 heteroatoms. The van der Waals surface area contributed by atoms with Crippen LogP contribution in [-0.2, 0) is 10.2 Å². The minimum Gasteiger partial charge on any atom is -0.377 e. The molecule has 8 nitrogen and oxygen atoms in total. The van der Waals surface area contributed by atoms with Crippen LogP contribution in [0.5, 0.6) is 0 Å². The van der Waals surface area contributed by atoms with Gasteiger partial charge in [0.2, 0.25) is 0 Å². The van der Waals surface area contributed by atoms with E-state index in [1.807, 2.05) is 18.3 Å². The molecular weight excluding hydrogens is 426 g/mol. The maximum atomic E-state index is 10.6. The number of nitrogens with one attached hydrogen (secondary N) is 1. The van der Waals surface area contributed by atoms with Gasteiger partial charge >= 0.3 is 0 Å². The number of likely N-dealkylation sites (tertiary alicyclic amines) is 1. The molecule has 0 amide bonds. The van der Waals surface area contributed by atoms with E-state index in [1.165, 1.54) is 19.4 Å². The number of aromatic amines is 1. The number of anilines is 1. The minimum atomic E-state index is -0.530. The fourth-order valence-electron chi connectivity index (χ4n) is 5.56. The summed E-state index contributed by atoms with van der Waals surface area (Å²) in [6.07, 6.45) is 7.97. The minimum absolute atomic E-state index is 0.220. The molecular formula is C26H31N7O. The van der Waals surface area contributed by atoms with Crippen LogP contribution in [0.1, 0.15) is 38.2 Å². The molecule has 2 aliphatic heterocycles. The Balaban J connectivity index is 1.48. The molecule has 3 fully saturated rings. The SMILES string of the molecule is C[C@@H]1COCCN1c1cc(C2(C#N)CCN(CC3CC3)CC2)c2ccnc(-c3ccn[nH]3)c2n1. The summed E-state index contributed by atoms with van der Waals surface area (Å²) in [4.78, 5) is 14.7. The highest BCUT2D eigenvalue weighted by molar-refractivity contribution is 5.94. The summed E-state index contributed by atoms with van der Waals surface area (Å²) in [7, 11) is 0. The fourth-order valence-corrected chi connectivity index (χ4v) is 5.56. The number of hydrogen-bond acceptors (Lipinski definition) is 7. The molecule has 0 radical (unpaired) electrons. The molecule has 6 rings (SSSR count). The molecule has 3 aromatic rings. The maximum absolute atomic E-state index is 10.6. The second-order valence-corrected chi connectivity index (χ2v) is 10.1. The Morgan fingerprint density at radius 1 is 1.21 bits per heavy atom. The molecule has 176 valence electrons. The van der Waals surface area contributed by atoms with Gasteiger partial charge in [-0.05, 0) is 75.4 Å². The summed E-state index contributed by atoms with van der Waals surface area (Å²) in [5.74, 6) is 1.77. The summed E-state index contributed by atoms with van der Waals surface area (Å²) in [5, 5.41) is 18.8. The van der Waals surface area contributed by atoms with Crippen molar-refractivity contribution in [3.63, 3.8) is 0 Å². The number of nitrogens with zero attached hydrogens (tertiary/aromatic N) is 6. The quantitative estimate of drug-likeness (QED) is 0.626. The number of hydrogen-bond donors (Lipinski definition) is 1. The lowest BCUT2D eigenvalue weighted by atomic mass is 9.72. The average molecular weight is 458 g/mol. The predicted molar refractivity (Wildman–Crippen MR) is 130 cm³/mol. The largest absolute Gasteiger partial charge is 0.377 e. The van der Waals surface area contributed by atoms with E-state index in [0.717, 1.165) is 72.1 Å². The molecule has 3 aromatic heterocycles. The van der Waals surface area contributed by atoms with Gasteiger partial charge in [0.15, 0.2) is 0 Å². The van der Waals surface area contributed by atoms with E-state index < -0.39 is 5.41 Å². The highest BCUT2D eigenvalue weighted by atomic mass is 16.5. The van der Waals surface area contributed by atoms with Crippen LogP contribution >= 0.6 is 0 Å². The van der Waals surface area contributed by atoms with Gasteiger partial charge in [0.05, 0.1) is 36.4 Å². The smallest absolute Gasteiger partial charge is 0.130 e. The van der Waals surface area contributed by atoms with Gasteiger partial charge in [0.1, 0.15) is 17.0 Å². The van der Waals surface area contributed by atoms with E-state index >= 15 is 0 Å². The molecule has 5 heterocycles. The first-order chi connectivity index (χ1) is 16.7. The molecule has 1 atom stereocenters. The van der Waals surface area contributed by atoms with Crippen LogP contribution < -0.4 is 4.90 Å². The fraction of sp³-hybridized carbons (Fsp3) is 0.538. The van der Waals surface area contributed by atoms with Crippen molar-refractivity contribution < 1.29 is 4.74 Å². The zero-order chi connectivity index (χ0) is 23.1. The molecule has 0 spiro atoms. The number of aromatic nitrogens is 4. The highest BCUT2D eigenvalue weighted by Gasteiger charge is 2.40. The summed E-state index contributed by atoms with van der Waals surface area (Å²) >= 11 is 0. The molecule has 34 heavy (non-hydrogen) atoms. The predicted octanol–water partition coefficient (Wildman–Crippen LogP) is 3.51. The third-order valence-corrected chi connectivity index (χ3v) is 7.78. The van der Waals surface area contributed by atoms with Crippen LogP contribution in [0.15, 0.2) is 30.6 Å². The number of morpholine rings is 1. The lowest BCUT2D eigenvalue weighted by Crippen LogP contribution is -2.45. The van der Waals surface area contributed by atoms with Crippen molar-refractivity contribution in [3.8, 4) is 17.5 Å².